The zero-order valence-electron chi connectivity index (χ0n) is 6.90. The maximum atomic E-state index is 10.6. The van der Waals surface area contributed by atoms with Gasteiger partial charge in [0.25, 0.3) is 0 Å². The molecule has 5 heteroatoms. The topological polar surface area (TPSA) is 65.2 Å². The minimum absolute atomic E-state index is 0.309. The smallest absolute Gasteiger partial charge is 0.303 e. The number of esters is 1. The van der Waals surface area contributed by atoms with E-state index in [0.717, 1.165) is 0 Å². The third-order valence-electron chi connectivity index (χ3n) is 1.30. The van der Waals surface area contributed by atoms with Crippen LogP contribution in [0.15, 0.2) is 5.38 Å². The summed E-state index contributed by atoms with van der Waals surface area (Å²) in [5.74, 6) is -0.311. The molecule has 1 unspecified atom stereocenters. The number of nitrogen functional groups attached to an aromatic ring is 1. The summed E-state index contributed by atoms with van der Waals surface area (Å²) in [5, 5.41) is 2.27. The van der Waals surface area contributed by atoms with Gasteiger partial charge in [-0.1, -0.05) is 0 Å². The number of hydrogen-bond acceptors (Lipinski definition) is 5. The molecule has 0 aliphatic rings. The van der Waals surface area contributed by atoms with Crippen molar-refractivity contribution < 1.29 is 9.53 Å². The summed E-state index contributed by atoms with van der Waals surface area (Å²) < 4.78 is 4.90. The Labute approximate surface area is 74.4 Å². The van der Waals surface area contributed by atoms with Crippen LogP contribution in [0.2, 0.25) is 0 Å². The molecule has 2 N–H and O–H groups in total. The molecule has 0 saturated carbocycles. The van der Waals surface area contributed by atoms with Gasteiger partial charge in [-0.3, -0.25) is 4.79 Å². The van der Waals surface area contributed by atoms with E-state index in [1.54, 1.807) is 12.3 Å². The standard InChI is InChI=1S/C7H10N2O2S/c1-4(11-5(2)10)6-3-12-7(8)9-6/h3-4H,1-2H3,(H2,8,9). The molecule has 0 spiro atoms. The minimum Gasteiger partial charge on any atom is -0.456 e. The van der Waals surface area contributed by atoms with Crippen LogP contribution >= 0.6 is 11.3 Å². The fourth-order valence-electron chi connectivity index (χ4n) is 0.797. The molecule has 12 heavy (non-hydrogen) atoms. The summed E-state index contributed by atoms with van der Waals surface area (Å²) in [5.41, 5.74) is 6.12. The Balaban J connectivity index is 2.64. The summed E-state index contributed by atoms with van der Waals surface area (Å²) in [6.45, 7) is 3.13. The fourth-order valence-corrected chi connectivity index (χ4v) is 1.44. The fraction of sp³-hybridized carbons (Fsp3) is 0.429. The van der Waals surface area contributed by atoms with Crippen LogP contribution in [0.4, 0.5) is 5.13 Å². The lowest BCUT2D eigenvalue weighted by Gasteiger charge is -2.07. The van der Waals surface area contributed by atoms with Gasteiger partial charge in [-0.2, -0.15) is 0 Å². The molecule has 0 aliphatic carbocycles. The van der Waals surface area contributed by atoms with E-state index in [9.17, 15) is 4.79 Å². The van der Waals surface area contributed by atoms with E-state index < -0.39 is 0 Å². The van der Waals surface area contributed by atoms with Gasteiger partial charge >= 0.3 is 5.97 Å². The molecule has 0 aromatic carbocycles. The lowest BCUT2D eigenvalue weighted by molar-refractivity contribution is -0.145. The number of aromatic nitrogens is 1. The van der Waals surface area contributed by atoms with Crippen LogP contribution in [0.1, 0.15) is 25.6 Å². The molecule has 1 heterocycles. The van der Waals surface area contributed by atoms with Crippen LogP contribution in [0, 0.1) is 0 Å². The summed E-state index contributed by atoms with van der Waals surface area (Å²) >= 11 is 1.34. The Bertz CT molecular complexity index is 285. The average molecular weight is 186 g/mol. The largest absolute Gasteiger partial charge is 0.456 e. The van der Waals surface area contributed by atoms with Gasteiger partial charge in [0, 0.05) is 12.3 Å². The second-order valence-corrected chi connectivity index (χ2v) is 3.25. The molecule has 0 bridgehead atoms. The quantitative estimate of drug-likeness (QED) is 0.708. The predicted octanol–water partition coefficient (Wildman–Crippen LogP) is 1.35. The lowest BCUT2D eigenvalue weighted by atomic mass is 10.3. The first-order chi connectivity index (χ1) is 5.59. The Hall–Kier alpha value is -1.10. The van der Waals surface area contributed by atoms with Crippen molar-refractivity contribution in [3.63, 3.8) is 0 Å². The van der Waals surface area contributed by atoms with Crippen molar-refractivity contribution in [1.29, 1.82) is 0 Å². The van der Waals surface area contributed by atoms with Crippen molar-refractivity contribution >= 4 is 22.4 Å². The van der Waals surface area contributed by atoms with Crippen molar-refractivity contribution in [1.82, 2.24) is 4.98 Å². The van der Waals surface area contributed by atoms with Gasteiger partial charge in [0.1, 0.15) is 6.10 Å². The molecular weight excluding hydrogens is 176 g/mol. The second kappa shape index (κ2) is 3.53. The highest BCUT2D eigenvalue weighted by molar-refractivity contribution is 7.13. The molecule has 0 amide bonds. The Morgan fingerprint density at radius 3 is 2.92 bits per heavy atom. The maximum Gasteiger partial charge on any atom is 0.303 e. The van der Waals surface area contributed by atoms with Gasteiger partial charge in [-0.05, 0) is 6.92 Å². The third-order valence-corrected chi connectivity index (χ3v) is 1.99. The van der Waals surface area contributed by atoms with Crippen LogP contribution in [-0.2, 0) is 9.53 Å². The molecule has 0 saturated heterocycles. The number of hydrogen-bond donors (Lipinski definition) is 1. The van der Waals surface area contributed by atoms with Crippen LogP contribution in [0.25, 0.3) is 0 Å². The number of carbonyl (C=O) groups is 1. The first kappa shape index (κ1) is 8.99. The maximum absolute atomic E-state index is 10.6. The Kier molecular flexibility index (Phi) is 2.65. The highest BCUT2D eigenvalue weighted by Crippen LogP contribution is 2.20. The SMILES string of the molecule is CC(=O)OC(C)c1csc(N)n1. The first-order valence-corrected chi connectivity index (χ1v) is 4.35. The van der Waals surface area contributed by atoms with Crippen LogP contribution in [-0.4, -0.2) is 11.0 Å². The number of anilines is 1. The molecule has 0 fully saturated rings. The zero-order chi connectivity index (χ0) is 9.14. The van der Waals surface area contributed by atoms with E-state index in [1.807, 2.05) is 0 Å². The Morgan fingerprint density at radius 1 is 1.83 bits per heavy atom. The van der Waals surface area contributed by atoms with Crippen molar-refractivity contribution in [3.05, 3.63) is 11.1 Å². The summed E-state index contributed by atoms with van der Waals surface area (Å²) in [7, 11) is 0. The van der Waals surface area contributed by atoms with Gasteiger partial charge in [0.2, 0.25) is 0 Å². The predicted molar refractivity (Wildman–Crippen MR) is 46.7 cm³/mol. The molecule has 1 aromatic rings. The normalized spacial score (nSPS) is 12.5. The van der Waals surface area contributed by atoms with Gasteiger partial charge < -0.3 is 10.5 Å². The van der Waals surface area contributed by atoms with Crippen LogP contribution < -0.4 is 5.73 Å². The first-order valence-electron chi connectivity index (χ1n) is 3.47. The van der Waals surface area contributed by atoms with Crippen LogP contribution in [0.3, 0.4) is 0 Å². The van der Waals surface area contributed by atoms with Crippen molar-refractivity contribution in [2.24, 2.45) is 0 Å². The molecule has 0 aliphatic heterocycles. The molecular formula is C7H10N2O2S. The monoisotopic (exact) mass is 186 g/mol. The molecule has 1 aromatic heterocycles. The van der Waals surface area contributed by atoms with Gasteiger partial charge in [0.05, 0.1) is 5.69 Å². The van der Waals surface area contributed by atoms with Crippen molar-refractivity contribution in [2.75, 3.05) is 5.73 Å². The van der Waals surface area contributed by atoms with Crippen molar-refractivity contribution in [3.8, 4) is 0 Å². The van der Waals surface area contributed by atoms with E-state index in [1.165, 1.54) is 18.3 Å². The molecule has 4 nitrogen and oxygen atoms in total. The minimum atomic E-state index is -0.311. The van der Waals surface area contributed by atoms with E-state index in [4.69, 9.17) is 10.5 Å². The number of thiazole rings is 1. The second-order valence-electron chi connectivity index (χ2n) is 2.36. The third kappa shape index (κ3) is 2.20. The van der Waals surface area contributed by atoms with Gasteiger partial charge in [-0.25, -0.2) is 4.98 Å². The average Bonchev–Trinajstić information content (AvgIpc) is 2.34. The van der Waals surface area contributed by atoms with E-state index in [-0.39, 0.29) is 12.1 Å². The molecule has 0 radical (unpaired) electrons. The highest BCUT2D eigenvalue weighted by Gasteiger charge is 2.11. The van der Waals surface area contributed by atoms with E-state index in [2.05, 4.69) is 4.98 Å². The number of nitrogens with two attached hydrogens (primary N) is 1. The highest BCUT2D eigenvalue weighted by atomic mass is 32.1. The van der Waals surface area contributed by atoms with Crippen LogP contribution in [0.5, 0.6) is 0 Å². The number of rotatable bonds is 2. The van der Waals surface area contributed by atoms with Crippen molar-refractivity contribution in [2.45, 2.75) is 20.0 Å². The number of nitrogens with zero attached hydrogens (tertiary/aromatic N) is 1. The van der Waals surface area contributed by atoms with E-state index in [0.29, 0.717) is 10.8 Å². The lowest BCUT2D eigenvalue weighted by Crippen LogP contribution is -2.05. The number of carbonyl (C=O) groups excluding carboxylic acids is 1. The molecule has 66 valence electrons. The molecule has 1 rings (SSSR count). The van der Waals surface area contributed by atoms with Gasteiger partial charge in [0.15, 0.2) is 5.13 Å². The molecule has 1 atom stereocenters. The summed E-state index contributed by atoms with van der Waals surface area (Å²) in [6.07, 6.45) is -0.309. The summed E-state index contributed by atoms with van der Waals surface area (Å²) in [6, 6.07) is 0. The van der Waals surface area contributed by atoms with Gasteiger partial charge in [-0.15, -0.1) is 11.3 Å². The zero-order valence-corrected chi connectivity index (χ0v) is 7.72. The van der Waals surface area contributed by atoms with E-state index >= 15 is 0 Å². The number of ether oxygens (including phenoxy) is 1. The Morgan fingerprint density at radius 2 is 2.50 bits per heavy atom. The summed E-state index contributed by atoms with van der Waals surface area (Å²) in [4.78, 5) is 14.5.